The highest BCUT2D eigenvalue weighted by Crippen LogP contribution is 2.84. The predicted molar refractivity (Wildman–Crippen MR) is 148 cm³/mol. The fraction of sp³-hybridized carbons (Fsp3) is 1.00. The molecule has 4 rings (SSSR count). The maximum Gasteiger partial charge on any atom is 0.397 e. The Bertz CT molecular complexity index is 946. The highest BCUT2D eigenvalue weighted by atomic mass is 32.3. The Kier molecular flexibility index (Phi) is 7.17. The first kappa shape index (κ1) is 28.9. The standard InChI is InChI=1S/C31H56O4S/c1-22(2)11-10-12-23(3)25-14-16-29(7)27(25,5)18-20-30(8)28(6)15-13-24(35-36(32,33)34)21-26(28,4)17-19-31(29,30)9/h22-25H,10-21H2,1-9H3,(H,32,33,34)/t23-,24+,25-,26+,27-,28+,29-,30-,31+/m1/s1. The third-order valence-electron chi connectivity index (χ3n) is 14.4. The number of hydrogen-bond acceptors (Lipinski definition) is 3. The largest absolute Gasteiger partial charge is 0.397 e. The lowest BCUT2D eigenvalue weighted by Gasteiger charge is -2.77. The maximum atomic E-state index is 11.5. The smallest absolute Gasteiger partial charge is 0.264 e. The van der Waals surface area contributed by atoms with Crippen molar-refractivity contribution in [3.8, 4) is 0 Å². The highest BCUT2D eigenvalue weighted by molar-refractivity contribution is 7.80. The van der Waals surface area contributed by atoms with Crippen molar-refractivity contribution in [2.24, 2.45) is 50.2 Å². The van der Waals surface area contributed by atoms with Crippen molar-refractivity contribution in [3.63, 3.8) is 0 Å². The van der Waals surface area contributed by atoms with Gasteiger partial charge in [-0.05, 0) is 108 Å². The van der Waals surface area contributed by atoms with Crippen molar-refractivity contribution in [3.05, 3.63) is 0 Å². The second-order valence-electron chi connectivity index (χ2n) is 15.6. The van der Waals surface area contributed by atoms with E-state index >= 15 is 0 Å². The van der Waals surface area contributed by atoms with Crippen LogP contribution < -0.4 is 0 Å². The monoisotopic (exact) mass is 524 g/mol. The van der Waals surface area contributed by atoms with Crippen LogP contribution in [0.1, 0.15) is 139 Å². The van der Waals surface area contributed by atoms with Gasteiger partial charge in [-0.25, -0.2) is 4.18 Å². The normalized spacial score (nSPS) is 49.9. The van der Waals surface area contributed by atoms with Crippen LogP contribution in [0.5, 0.6) is 0 Å². The van der Waals surface area contributed by atoms with Crippen LogP contribution in [0.25, 0.3) is 0 Å². The summed E-state index contributed by atoms with van der Waals surface area (Å²) in [5.74, 6) is 2.41. The molecule has 0 unspecified atom stereocenters. The van der Waals surface area contributed by atoms with Crippen LogP contribution in [0.4, 0.5) is 0 Å². The second-order valence-corrected chi connectivity index (χ2v) is 16.7. The van der Waals surface area contributed by atoms with Crippen LogP contribution in [0.2, 0.25) is 0 Å². The van der Waals surface area contributed by atoms with Gasteiger partial charge in [-0.1, -0.05) is 81.6 Å². The summed E-state index contributed by atoms with van der Waals surface area (Å²) >= 11 is 0. The first-order valence-electron chi connectivity index (χ1n) is 15.0. The van der Waals surface area contributed by atoms with E-state index in [1.165, 1.54) is 51.4 Å². The van der Waals surface area contributed by atoms with Crippen LogP contribution in [0.3, 0.4) is 0 Å². The molecule has 4 fully saturated rings. The fourth-order valence-corrected chi connectivity index (χ4v) is 11.8. The minimum Gasteiger partial charge on any atom is -0.264 e. The third-order valence-corrected chi connectivity index (χ3v) is 14.9. The maximum absolute atomic E-state index is 11.5. The minimum atomic E-state index is -4.41. The van der Waals surface area contributed by atoms with Crippen molar-refractivity contribution in [2.45, 2.75) is 145 Å². The van der Waals surface area contributed by atoms with Gasteiger partial charge < -0.3 is 0 Å². The lowest BCUT2D eigenvalue weighted by Crippen LogP contribution is -2.70. The van der Waals surface area contributed by atoms with E-state index in [-0.39, 0.29) is 21.7 Å². The molecule has 4 aliphatic rings. The third kappa shape index (κ3) is 3.90. The summed E-state index contributed by atoms with van der Waals surface area (Å²) in [6, 6.07) is 0. The molecular formula is C31H56O4S. The van der Waals surface area contributed by atoms with E-state index in [9.17, 15) is 13.0 Å². The Hall–Kier alpha value is -0.130. The summed E-state index contributed by atoms with van der Waals surface area (Å²) in [7, 11) is -4.41. The predicted octanol–water partition coefficient (Wildman–Crippen LogP) is 8.86. The van der Waals surface area contributed by atoms with Gasteiger partial charge >= 0.3 is 10.4 Å². The average Bonchev–Trinajstić information content (AvgIpc) is 3.03. The van der Waals surface area contributed by atoms with Crippen LogP contribution in [-0.2, 0) is 14.6 Å². The quantitative estimate of drug-likeness (QED) is 0.338. The Morgan fingerprint density at radius 3 is 1.97 bits per heavy atom. The van der Waals surface area contributed by atoms with Gasteiger partial charge in [-0.15, -0.1) is 0 Å². The highest BCUT2D eigenvalue weighted by Gasteiger charge is 2.76. The molecule has 4 saturated carbocycles. The van der Waals surface area contributed by atoms with E-state index in [2.05, 4.69) is 62.3 Å². The molecule has 0 aromatic heterocycles. The molecule has 0 aromatic carbocycles. The van der Waals surface area contributed by atoms with Gasteiger partial charge in [0.05, 0.1) is 6.10 Å². The zero-order chi connectivity index (χ0) is 27.0. The van der Waals surface area contributed by atoms with Crippen LogP contribution in [0, 0.1) is 50.2 Å². The van der Waals surface area contributed by atoms with Crippen molar-refractivity contribution in [2.75, 3.05) is 0 Å². The Balaban J connectivity index is 1.63. The molecule has 0 spiro atoms. The van der Waals surface area contributed by atoms with Crippen molar-refractivity contribution >= 4 is 10.4 Å². The molecule has 0 bridgehead atoms. The lowest BCUT2D eigenvalue weighted by atomic mass is 9.27. The average molecular weight is 525 g/mol. The van der Waals surface area contributed by atoms with Crippen molar-refractivity contribution in [1.29, 1.82) is 0 Å². The van der Waals surface area contributed by atoms with E-state index in [4.69, 9.17) is 4.18 Å². The second kappa shape index (κ2) is 8.95. The summed E-state index contributed by atoms with van der Waals surface area (Å²) in [4.78, 5) is 0. The van der Waals surface area contributed by atoms with E-state index in [0.29, 0.717) is 17.3 Å². The lowest BCUT2D eigenvalue weighted by molar-refractivity contribution is -0.290. The molecule has 0 aliphatic heterocycles. The van der Waals surface area contributed by atoms with E-state index in [0.717, 1.165) is 37.0 Å². The van der Waals surface area contributed by atoms with Gasteiger partial charge in [0.15, 0.2) is 0 Å². The first-order chi connectivity index (χ1) is 16.4. The van der Waals surface area contributed by atoms with Gasteiger partial charge in [0.25, 0.3) is 0 Å². The number of hydrogen-bond donors (Lipinski definition) is 1. The zero-order valence-electron chi connectivity index (χ0n) is 24.9. The molecule has 4 aliphatic carbocycles. The SMILES string of the molecule is CC(C)CCC[C@@H](C)[C@H]1CC[C@@]2(C)[C@]3(C)CC[C@@]4(C)C[C@@H](OS(=O)(=O)O)CC[C@]4(C)[C@@]3(C)CC[C@]12C. The molecule has 9 atom stereocenters. The molecule has 36 heavy (non-hydrogen) atoms. The van der Waals surface area contributed by atoms with Gasteiger partial charge in [-0.3, -0.25) is 4.55 Å². The van der Waals surface area contributed by atoms with Gasteiger partial charge in [0, 0.05) is 0 Å². The van der Waals surface area contributed by atoms with Crippen molar-refractivity contribution in [1.82, 2.24) is 0 Å². The molecule has 0 saturated heterocycles. The topological polar surface area (TPSA) is 63.6 Å². The zero-order valence-corrected chi connectivity index (χ0v) is 25.7. The molecule has 1 N–H and O–H groups in total. The summed E-state index contributed by atoms with van der Waals surface area (Å²) < 4.78 is 37.5. The van der Waals surface area contributed by atoms with E-state index in [1.54, 1.807) is 0 Å². The molecule has 210 valence electrons. The molecule has 0 heterocycles. The molecule has 4 nitrogen and oxygen atoms in total. The van der Waals surface area contributed by atoms with Crippen LogP contribution >= 0.6 is 0 Å². The Morgan fingerprint density at radius 1 is 0.778 bits per heavy atom. The van der Waals surface area contributed by atoms with Gasteiger partial charge in [-0.2, -0.15) is 8.42 Å². The Morgan fingerprint density at radius 2 is 1.36 bits per heavy atom. The number of rotatable bonds is 7. The van der Waals surface area contributed by atoms with Crippen LogP contribution in [0.15, 0.2) is 0 Å². The molecule has 0 radical (unpaired) electrons. The van der Waals surface area contributed by atoms with Crippen LogP contribution in [-0.4, -0.2) is 19.1 Å². The molecular weight excluding hydrogens is 468 g/mol. The van der Waals surface area contributed by atoms with E-state index < -0.39 is 16.5 Å². The van der Waals surface area contributed by atoms with Gasteiger partial charge in [0.2, 0.25) is 0 Å². The summed E-state index contributed by atoms with van der Waals surface area (Å²) in [6.45, 7) is 22.8. The molecule has 0 amide bonds. The summed E-state index contributed by atoms with van der Waals surface area (Å²) in [5.41, 5.74) is 1.28. The minimum absolute atomic E-state index is 0.0150. The number of fused-ring (bicyclic) bond motifs is 5. The Labute approximate surface area is 223 Å². The van der Waals surface area contributed by atoms with Gasteiger partial charge in [0.1, 0.15) is 0 Å². The van der Waals surface area contributed by atoms with Crippen molar-refractivity contribution < 1.29 is 17.2 Å². The molecule has 5 heteroatoms. The fourth-order valence-electron chi connectivity index (χ4n) is 11.3. The molecule has 0 aromatic rings. The summed E-state index contributed by atoms with van der Waals surface area (Å²) in [5, 5.41) is 0. The summed E-state index contributed by atoms with van der Waals surface area (Å²) in [6.07, 6.45) is 13.7. The first-order valence-corrected chi connectivity index (χ1v) is 16.4. The van der Waals surface area contributed by atoms with E-state index in [1.807, 2.05) is 0 Å².